The van der Waals surface area contributed by atoms with E-state index in [2.05, 4.69) is 15.3 Å². The van der Waals surface area contributed by atoms with Gasteiger partial charge in [0.05, 0.1) is 0 Å². The Balaban J connectivity index is 1.70. The molecule has 120 valence electrons. The Labute approximate surface area is 135 Å². The summed E-state index contributed by atoms with van der Waals surface area (Å²) in [5, 5.41) is 17.6. The number of carboxylic acid groups (broad SMARTS) is 1. The molecule has 1 aromatic heterocycles. The third-order valence-corrected chi connectivity index (χ3v) is 5.04. The molecule has 1 saturated carbocycles. The molecule has 1 aliphatic heterocycles. The fourth-order valence-electron chi connectivity index (χ4n) is 3.45. The number of carboxylic acids is 1. The molecule has 2 N–H and O–H groups in total. The molecule has 2 aliphatic rings. The highest BCUT2D eigenvalue weighted by Crippen LogP contribution is 2.23. The van der Waals surface area contributed by atoms with Gasteiger partial charge in [0.2, 0.25) is 0 Å². The van der Waals surface area contributed by atoms with E-state index >= 15 is 0 Å². The lowest BCUT2D eigenvalue weighted by Crippen LogP contribution is -2.47. The van der Waals surface area contributed by atoms with Gasteiger partial charge in [0.15, 0.2) is 10.8 Å². The summed E-state index contributed by atoms with van der Waals surface area (Å²) in [6, 6.07) is 0.468. The van der Waals surface area contributed by atoms with E-state index in [0.29, 0.717) is 12.6 Å². The maximum absolute atomic E-state index is 11.3. The summed E-state index contributed by atoms with van der Waals surface area (Å²) in [5.74, 6) is -0.968. The Kier molecular flexibility index (Phi) is 4.33. The van der Waals surface area contributed by atoms with E-state index in [1.807, 2.05) is 0 Å². The highest BCUT2D eigenvalue weighted by Gasteiger charge is 2.28. The van der Waals surface area contributed by atoms with Crippen LogP contribution in [0.5, 0.6) is 0 Å². The Morgan fingerprint density at radius 3 is 2.77 bits per heavy atom. The van der Waals surface area contributed by atoms with E-state index in [1.165, 1.54) is 32.1 Å². The van der Waals surface area contributed by atoms with E-state index in [4.69, 9.17) is 12.2 Å². The SMILES string of the molecule is Cn1nc(C(=O)O)c2c1CCN(C(=S)NC1CCCCC1)C2. The van der Waals surface area contributed by atoms with E-state index in [9.17, 15) is 9.90 Å². The molecule has 0 atom stereocenters. The number of hydrogen-bond donors (Lipinski definition) is 2. The van der Waals surface area contributed by atoms with Crippen LogP contribution in [-0.2, 0) is 20.0 Å². The summed E-state index contributed by atoms with van der Waals surface area (Å²) >= 11 is 5.54. The van der Waals surface area contributed by atoms with Crippen LogP contribution in [0.2, 0.25) is 0 Å². The third kappa shape index (κ3) is 2.95. The number of nitrogens with one attached hydrogen (secondary N) is 1. The van der Waals surface area contributed by atoms with Gasteiger partial charge in [-0.25, -0.2) is 4.79 Å². The van der Waals surface area contributed by atoms with Crippen LogP contribution in [0.3, 0.4) is 0 Å². The number of rotatable bonds is 2. The Morgan fingerprint density at radius 2 is 2.09 bits per heavy atom. The molecule has 1 fully saturated rings. The van der Waals surface area contributed by atoms with Gasteiger partial charge in [-0.2, -0.15) is 5.10 Å². The molecule has 0 radical (unpaired) electrons. The van der Waals surface area contributed by atoms with Gasteiger partial charge in [-0.05, 0) is 25.1 Å². The lowest BCUT2D eigenvalue weighted by molar-refractivity contribution is 0.0687. The second-order valence-electron chi connectivity index (χ2n) is 6.16. The van der Waals surface area contributed by atoms with Crippen molar-refractivity contribution in [3.63, 3.8) is 0 Å². The summed E-state index contributed by atoms with van der Waals surface area (Å²) in [7, 11) is 1.81. The maximum Gasteiger partial charge on any atom is 0.356 e. The van der Waals surface area contributed by atoms with Gasteiger partial charge in [0.25, 0.3) is 0 Å². The van der Waals surface area contributed by atoms with Crippen LogP contribution in [0.15, 0.2) is 0 Å². The highest BCUT2D eigenvalue weighted by atomic mass is 32.1. The Morgan fingerprint density at radius 1 is 1.36 bits per heavy atom. The Hall–Kier alpha value is -1.63. The lowest BCUT2D eigenvalue weighted by atomic mass is 9.96. The number of thiocarbonyl (C=S) groups is 1. The minimum absolute atomic E-state index is 0.155. The molecule has 6 nitrogen and oxygen atoms in total. The second kappa shape index (κ2) is 6.24. The fourth-order valence-corrected chi connectivity index (χ4v) is 3.77. The Bertz CT molecular complexity index is 593. The summed E-state index contributed by atoms with van der Waals surface area (Å²) in [5.41, 5.74) is 1.96. The predicted molar refractivity (Wildman–Crippen MR) is 86.9 cm³/mol. The van der Waals surface area contributed by atoms with Gasteiger partial charge < -0.3 is 15.3 Å². The number of aromatic carboxylic acids is 1. The summed E-state index contributed by atoms with van der Waals surface area (Å²) in [6.07, 6.45) is 6.96. The second-order valence-corrected chi connectivity index (χ2v) is 6.55. The van der Waals surface area contributed by atoms with Crippen molar-refractivity contribution < 1.29 is 9.90 Å². The van der Waals surface area contributed by atoms with Crippen molar-refractivity contribution in [1.29, 1.82) is 0 Å². The molecule has 1 aromatic rings. The monoisotopic (exact) mass is 322 g/mol. The molecule has 0 saturated heterocycles. The van der Waals surface area contributed by atoms with Gasteiger partial charge in [-0.15, -0.1) is 0 Å². The molecule has 2 heterocycles. The van der Waals surface area contributed by atoms with Gasteiger partial charge in [-0.1, -0.05) is 19.3 Å². The number of aryl methyl sites for hydroxylation is 1. The number of carbonyl (C=O) groups is 1. The zero-order valence-electron chi connectivity index (χ0n) is 12.8. The molecule has 22 heavy (non-hydrogen) atoms. The van der Waals surface area contributed by atoms with Gasteiger partial charge >= 0.3 is 5.97 Å². The van der Waals surface area contributed by atoms with Crippen LogP contribution in [-0.4, -0.2) is 43.5 Å². The molecule has 0 unspecified atom stereocenters. The quantitative estimate of drug-likeness (QED) is 0.808. The van der Waals surface area contributed by atoms with Crippen LogP contribution in [0.4, 0.5) is 0 Å². The van der Waals surface area contributed by atoms with Crippen molar-refractivity contribution in [2.75, 3.05) is 6.54 Å². The smallest absolute Gasteiger partial charge is 0.356 e. The summed E-state index contributed by atoms with van der Waals surface area (Å²) in [6.45, 7) is 1.34. The molecule has 0 bridgehead atoms. The summed E-state index contributed by atoms with van der Waals surface area (Å²) < 4.78 is 1.69. The average Bonchev–Trinajstić information content (AvgIpc) is 2.85. The van der Waals surface area contributed by atoms with Crippen molar-refractivity contribution in [1.82, 2.24) is 20.0 Å². The first kappa shape index (κ1) is 15.3. The van der Waals surface area contributed by atoms with E-state index < -0.39 is 5.97 Å². The van der Waals surface area contributed by atoms with E-state index in [1.54, 1.807) is 11.7 Å². The van der Waals surface area contributed by atoms with Crippen molar-refractivity contribution in [3.8, 4) is 0 Å². The van der Waals surface area contributed by atoms with Crippen LogP contribution < -0.4 is 5.32 Å². The van der Waals surface area contributed by atoms with Gasteiger partial charge in [0, 0.05) is 43.9 Å². The number of fused-ring (bicyclic) bond motifs is 1. The standard InChI is InChI=1S/C15H22N4O2S/c1-18-12-7-8-19(9-11(12)13(17-18)14(20)21)15(22)16-10-5-3-2-4-6-10/h10H,2-9H2,1H3,(H,16,22)(H,20,21). The van der Waals surface area contributed by atoms with Gasteiger partial charge in [0.1, 0.15) is 0 Å². The first-order valence-electron chi connectivity index (χ1n) is 7.89. The van der Waals surface area contributed by atoms with Crippen molar-refractivity contribution in [2.24, 2.45) is 7.05 Å². The first-order valence-corrected chi connectivity index (χ1v) is 8.30. The number of hydrogen-bond acceptors (Lipinski definition) is 3. The largest absolute Gasteiger partial charge is 0.476 e. The van der Waals surface area contributed by atoms with Crippen molar-refractivity contribution in [2.45, 2.75) is 51.1 Å². The van der Waals surface area contributed by atoms with E-state index in [-0.39, 0.29) is 5.69 Å². The summed E-state index contributed by atoms with van der Waals surface area (Å²) in [4.78, 5) is 13.4. The molecule has 3 rings (SSSR count). The average molecular weight is 322 g/mol. The third-order valence-electron chi connectivity index (χ3n) is 4.66. The topological polar surface area (TPSA) is 70.4 Å². The zero-order valence-corrected chi connectivity index (χ0v) is 13.7. The molecular weight excluding hydrogens is 300 g/mol. The van der Waals surface area contributed by atoms with Crippen LogP contribution in [0.25, 0.3) is 0 Å². The molecule has 0 aromatic carbocycles. The molecule has 1 aliphatic carbocycles. The molecular formula is C15H22N4O2S. The predicted octanol–water partition coefficient (Wildman–Crippen LogP) is 1.68. The maximum atomic E-state index is 11.3. The number of aromatic nitrogens is 2. The lowest BCUT2D eigenvalue weighted by Gasteiger charge is -2.33. The van der Waals surface area contributed by atoms with Crippen LogP contribution >= 0.6 is 12.2 Å². The van der Waals surface area contributed by atoms with Crippen molar-refractivity contribution in [3.05, 3.63) is 17.0 Å². The highest BCUT2D eigenvalue weighted by molar-refractivity contribution is 7.80. The van der Waals surface area contributed by atoms with Crippen LogP contribution in [0.1, 0.15) is 53.8 Å². The van der Waals surface area contributed by atoms with Crippen molar-refractivity contribution >= 4 is 23.3 Å². The first-order chi connectivity index (χ1) is 10.6. The molecule has 0 amide bonds. The van der Waals surface area contributed by atoms with Gasteiger partial charge in [-0.3, -0.25) is 4.68 Å². The normalized spacial score (nSPS) is 18.9. The fraction of sp³-hybridized carbons (Fsp3) is 0.667. The minimum Gasteiger partial charge on any atom is -0.476 e. The number of nitrogens with zero attached hydrogens (tertiary/aromatic N) is 3. The van der Waals surface area contributed by atoms with E-state index in [0.717, 1.165) is 29.3 Å². The minimum atomic E-state index is -0.968. The zero-order chi connectivity index (χ0) is 15.7. The van der Waals surface area contributed by atoms with Crippen LogP contribution in [0, 0.1) is 0 Å². The molecule has 7 heteroatoms. The molecule has 0 spiro atoms.